The molecule has 104 valence electrons. The molecule has 0 spiro atoms. The monoisotopic (exact) mass is 281 g/mol. The zero-order valence-corrected chi connectivity index (χ0v) is 12.5. The summed E-state index contributed by atoms with van der Waals surface area (Å²) in [7, 11) is -1.11. The summed E-state index contributed by atoms with van der Waals surface area (Å²) in [5, 5.41) is 0. The molecule has 1 aromatic heterocycles. The minimum atomic E-state index is -1.11. The average Bonchev–Trinajstić information content (AvgIpc) is 2.35. The van der Waals surface area contributed by atoms with Gasteiger partial charge in [-0.2, -0.15) is 0 Å². The Kier molecular flexibility index (Phi) is 4.16. The van der Waals surface area contributed by atoms with Crippen LogP contribution in [0.15, 0.2) is 12.4 Å². The molecule has 0 saturated heterocycles. The Balaban J connectivity index is 1.94. The number of hydrogen-bond donors (Lipinski definition) is 0. The van der Waals surface area contributed by atoms with E-state index < -0.39 is 8.07 Å². The lowest BCUT2D eigenvalue weighted by Crippen LogP contribution is -2.41. The van der Waals surface area contributed by atoms with Crippen LogP contribution in [-0.2, 0) is 9.53 Å². The summed E-state index contributed by atoms with van der Waals surface area (Å²) in [6, 6.07) is 1.07. The summed E-state index contributed by atoms with van der Waals surface area (Å²) in [6.45, 7) is 7.72. The molecule has 2 rings (SSSR count). The van der Waals surface area contributed by atoms with Crippen LogP contribution >= 0.6 is 0 Å². The zero-order valence-electron chi connectivity index (χ0n) is 11.5. The van der Waals surface area contributed by atoms with Crippen LogP contribution in [0.5, 0.6) is 5.88 Å². The second-order valence-corrected chi connectivity index (χ2v) is 11.3. The van der Waals surface area contributed by atoms with Gasteiger partial charge in [-0.05, 0) is 6.04 Å². The number of nitrogens with zero attached hydrogens (tertiary/aromatic N) is 3. The second kappa shape index (κ2) is 5.66. The van der Waals surface area contributed by atoms with Gasteiger partial charge in [0.25, 0.3) is 11.8 Å². The van der Waals surface area contributed by atoms with Crippen molar-refractivity contribution in [3.8, 4) is 5.88 Å². The Morgan fingerprint density at radius 1 is 1.37 bits per heavy atom. The van der Waals surface area contributed by atoms with Gasteiger partial charge in [0, 0.05) is 27.1 Å². The first-order valence-electron chi connectivity index (χ1n) is 6.29. The van der Waals surface area contributed by atoms with Gasteiger partial charge in [0.05, 0.1) is 0 Å². The molecule has 1 aromatic rings. The van der Waals surface area contributed by atoms with Gasteiger partial charge in [0.2, 0.25) is 5.82 Å². The molecular formula is C12H19N3O3Si. The summed E-state index contributed by atoms with van der Waals surface area (Å²) in [5.74, 6) is 0.670. The normalized spacial score (nSPS) is 15.1. The van der Waals surface area contributed by atoms with Crippen LogP contribution in [0.2, 0.25) is 25.7 Å². The van der Waals surface area contributed by atoms with Crippen molar-refractivity contribution in [1.82, 2.24) is 9.97 Å². The van der Waals surface area contributed by atoms with Gasteiger partial charge in [-0.1, -0.05) is 19.6 Å². The predicted molar refractivity (Wildman–Crippen MR) is 74.0 cm³/mol. The van der Waals surface area contributed by atoms with Gasteiger partial charge in [0.15, 0.2) is 6.61 Å². The van der Waals surface area contributed by atoms with Gasteiger partial charge < -0.3 is 9.47 Å². The van der Waals surface area contributed by atoms with Gasteiger partial charge in [-0.15, -0.1) is 0 Å². The average molecular weight is 281 g/mol. The molecule has 0 fully saturated rings. The van der Waals surface area contributed by atoms with Crippen LogP contribution in [0, 0.1) is 0 Å². The first kappa shape index (κ1) is 13.9. The van der Waals surface area contributed by atoms with Gasteiger partial charge in [0.1, 0.15) is 6.73 Å². The van der Waals surface area contributed by atoms with Crippen molar-refractivity contribution >= 4 is 19.8 Å². The predicted octanol–water partition coefficient (Wildman–Crippen LogP) is 1.51. The SMILES string of the molecule is C[Si](C)(C)CCOCN1C(=O)COc2nccnc21. The molecule has 0 aromatic carbocycles. The van der Waals surface area contributed by atoms with Crippen molar-refractivity contribution in [1.29, 1.82) is 0 Å². The molecular weight excluding hydrogens is 262 g/mol. The zero-order chi connectivity index (χ0) is 13.9. The molecule has 1 aliphatic rings. The molecule has 0 aliphatic carbocycles. The van der Waals surface area contributed by atoms with E-state index in [9.17, 15) is 4.79 Å². The molecule has 19 heavy (non-hydrogen) atoms. The molecule has 0 radical (unpaired) electrons. The first-order valence-corrected chi connectivity index (χ1v) is 10.00. The van der Waals surface area contributed by atoms with E-state index in [0.717, 1.165) is 6.04 Å². The van der Waals surface area contributed by atoms with E-state index in [1.54, 1.807) is 6.20 Å². The summed E-state index contributed by atoms with van der Waals surface area (Å²) in [5.41, 5.74) is 0. The van der Waals surface area contributed by atoms with E-state index >= 15 is 0 Å². The van der Waals surface area contributed by atoms with Crippen LogP contribution in [0.25, 0.3) is 0 Å². The minimum Gasteiger partial charge on any atom is -0.465 e. The smallest absolute Gasteiger partial charge is 0.268 e. The summed E-state index contributed by atoms with van der Waals surface area (Å²) in [6.07, 6.45) is 3.08. The van der Waals surface area contributed by atoms with Crippen molar-refractivity contribution in [2.24, 2.45) is 0 Å². The second-order valence-electron chi connectivity index (χ2n) is 5.64. The highest BCUT2D eigenvalue weighted by atomic mass is 28.3. The van der Waals surface area contributed by atoms with Crippen LogP contribution in [-0.4, -0.2) is 43.9 Å². The number of hydrogen-bond acceptors (Lipinski definition) is 5. The lowest BCUT2D eigenvalue weighted by molar-refractivity contribution is -0.122. The largest absolute Gasteiger partial charge is 0.465 e. The third-order valence-electron chi connectivity index (χ3n) is 2.75. The van der Waals surface area contributed by atoms with Crippen molar-refractivity contribution < 1.29 is 14.3 Å². The number of rotatable bonds is 5. The highest BCUT2D eigenvalue weighted by molar-refractivity contribution is 6.76. The van der Waals surface area contributed by atoms with Gasteiger partial charge in [-0.3, -0.25) is 9.69 Å². The number of carbonyl (C=O) groups excluding carboxylic acids is 1. The van der Waals surface area contributed by atoms with Crippen molar-refractivity contribution in [2.75, 3.05) is 24.8 Å². The molecule has 1 amide bonds. The highest BCUT2D eigenvalue weighted by Gasteiger charge is 2.27. The molecule has 0 atom stereocenters. The maximum absolute atomic E-state index is 11.8. The Hall–Kier alpha value is -1.47. The Labute approximate surface area is 113 Å². The summed E-state index contributed by atoms with van der Waals surface area (Å²) >= 11 is 0. The Morgan fingerprint density at radius 3 is 2.84 bits per heavy atom. The van der Waals surface area contributed by atoms with Crippen LogP contribution in [0.4, 0.5) is 5.82 Å². The third-order valence-corrected chi connectivity index (χ3v) is 4.46. The summed E-state index contributed by atoms with van der Waals surface area (Å²) < 4.78 is 10.8. The van der Waals surface area contributed by atoms with Crippen molar-refractivity contribution in [2.45, 2.75) is 25.7 Å². The number of carbonyl (C=O) groups is 1. The Bertz CT molecular complexity index is 462. The number of ether oxygens (including phenoxy) is 2. The molecule has 1 aliphatic heterocycles. The lowest BCUT2D eigenvalue weighted by atomic mass is 10.4. The molecule has 7 heteroatoms. The van der Waals surface area contributed by atoms with Gasteiger partial charge in [-0.25, -0.2) is 9.97 Å². The fourth-order valence-corrected chi connectivity index (χ4v) is 2.36. The third kappa shape index (κ3) is 3.74. The van der Waals surface area contributed by atoms with Crippen LogP contribution in [0.1, 0.15) is 0 Å². The maximum Gasteiger partial charge on any atom is 0.268 e. The molecule has 2 heterocycles. The first-order chi connectivity index (χ1) is 8.97. The van der Waals surface area contributed by atoms with Gasteiger partial charge >= 0.3 is 0 Å². The number of amides is 1. The highest BCUT2D eigenvalue weighted by Crippen LogP contribution is 2.26. The molecule has 0 bridgehead atoms. The van der Waals surface area contributed by atoms with Crippen molar-refractivity contribution in [3.05, 3.63) is 12.4 Å². The Morgan fingerprint density at radius 2 is 2.11 bits per heavy atom. The molecule has 6 nitrogen and oxygen atoms in total. The fourth-order valence-electron chi connectivity index (χ4n) is 1.60. The van der Waals surface area contributed by atoms with Crippen molar-refractivity contribution in [3.63, 3.8) is 0 Å². The number of anilines is 1. The lowest BCUT2D eigenvalue weighted by Gasteiger charge is -2.27. The number of fused-ring (bicyclic) bond motifs is 1. The van der Waals surface area contributed by atoms with Crippen LogP contribution < -0.4 is 9.64 Å². The maximum atomic E-state index is 11.8. The van der Waals surface area contributed by atoms with E-state index in [1.807, 2.05) is 0 Å². The topological polar surface area (TPSA) is 64.5 Å². The van der Waals surface area contributed by atoms with E-state index in [2.05, 4.69) is 29.6 Å². The van der Waals surface area contributed by atoms with Crippen LogP contribution in [0.3, 0.4) is 0 Å². The standard InChI is InChI=1S/C12H19N3O3Si/c1-19(2,3)7-6-17-9-15-10(16)8-18-12-11(15)13-4-5-14-12/h4-5H,6-9H2,1-3H3. The number of aromatic nitrogens is 2. The minimum absolute atomic E-state index is 0.0108. The molecule has 0 unspecified atom stereocenters. The van der Waals surface area contributed by atoms with E-state index in [1.165, 1.54) is 11.1 Å². The van der Waals surface area contributed by atoms with E-state index in [4.69, 9.17) is 9.47 Å². The summed E-state index contributed by atoms with van der Waals surface area (Å²) in [4.78, 5) is 21.5. The fraction of sp³-hybridized carbons (Fsp3) is 0.583. The van der Waals surface area contributed by atoms with E-state index in [-0.39, 0.29) is 19.2 Å². The molecule has 0 saturated carbocycles. The quantitative estimate of drug-likeness (QED) is 0.604. The molecule has 0 N–H and O–H groups in total. The van der Waals surface area contributed by atoms with E-state index in [0.29, 0.717) is 18.3 Å².